The van der Waals surface area contributed by atoms with Gasteiger partial charge >= 0.3 is 5.97 Å². The molecule has 0 aliphatic carbocycles. The van der Waals surface area contributed by atoms with Crippen LogP contribution in [0.25, 0.3) is 0 Å². The molecule has 0 spiro atoms. The first kappa shape index (κ1) is 19.7. The number of methoxy groups -OCH3 is 4. The molecule has 144 valence electrons. The number of anilines is 2. The summed E-state index contributed by atoms with van der Waals surface area (Å²) in [5.41, 5.74) is 6.02. The standard InChI is InChI=1S/C18H20N2O7/c1-24-13-5-9(11(19)7-15(13)26-3)17(21)20-12-8-16(27-4)14(25-2)6-10(12)18(22)23/h5-8H,19H2,1-4H3,(H,20,21)(H,22,23). The number of amides is 1. The lowest BCUT2D eigenvalue weighted by atomic mass is 10.1. The highest BCUT2D eigenvalue weighted by molar-refractivity contribution is 6.11. The highest BCUT2D eigenvalue weighted by atomic mass is 16.5. The van der Waals surface area contributed by atoms with Gasteiger partial charge in [0.25, 0.3) is 5.91 Å². The minimum atomic E-state index is -1.24. The minimum absolute atomic E-state index is 0.0272. The summed E-state index contributed by atoms with van der Waals surface area (Å²) in [7, 11) is 5.65. The van der Waals surface area contributed by atoms with Crippen molar-refractivity contribution >= 4 is 23.3 Å². The van der Waals surface area contributed by atoms with Crippen LogP contribution in [0.1, 0.15) is 20.7 Å². The maximum Gasteiger partial charge on any atom is 0.337 e. The smallest absolute Gasteiger partial charge is 0.337 e. The molecule has 1 amide bonds. The number of nitrogens with one attached hydrogen (secondary N) is 1. The lowest BCUT2D eigenvalue weighted by Crippen LogP contribution is -2.17. The number of rotatable bonds is 7. The van der Waals surface area contributed by atoms with E-state index in [2.05, 4.69) is 5.32 Å². The zero-order chi connectivity index (χ0) is 20.1. The van der Waals surface area contributed by atoms with Crippen LogP contribution in [0.15, 0.2) is 24.3 Å². The van der Waals surface area contributed by atoms with Crippen molar-refractivity contribution in [2.75, 3.05) is 39.5 Å². The number of aromatic carboxylic acids is 1. The molecule has 0 saturated heterocycles. The van der Waals surface area contributed by atoms with Crippen LogP contribution in [-0.2, 0) is 0 Å². The SMILES string of the molecule is COc1cc(N)c(C(=O)Nc2cc(OC)c(OC)cc2C(=O)O)cc1OC. The molecule has 0 bridgehead atoms. The maximum atomic E-state index is 12.7. The van der Waals surface area contributed by atoms with E-state index in [1.54, 1.807) is 0 Å². The molecule has 0 aromatic heterocycles. The summed E-state index contributed by atoms with van der Waals surface area (Å²) < 4.78 is 20.6. The van der Waals surface area contributed by atoms with Crippen LogP contribution in [0.2, 0.25) is 0 Å². The van der Waals surface area contributed by atoms with E-state index >= 15 is 0 Å². The van der Waals surface area contributed by atoms with Gasteiger partial charge in [0.05, 0.1) is 45.3 Å². The Bertz CT molecular complexity index is 880. The zero-order valence-corrected chi connectivity index (χ0v) is 15.3. The number of nitrogens with two attached hydrogens (primary N) is 1. The first-order chi connectivity index (χ1) is 12.9. The average Bonchev–Trinajstić information content (AvgIpc) is 2.66. The summed E-state index contributed by atoms with van der Waals surface area (Å²) in [4.78, 5) is 24.2. The maximum absolute atomic E-state index is 12.7. The molecular formula is C18H20N2O7. The monoisotopic (exact) mass is 376 g/mol. The third-order valence-corrected chi connectivity index (χ3v) is 3.80. The molecule has 0 unspecified atom stereocenters. The molecule has 27 heavy (non-hydrogen) atoms. The van der Waals surface area contributed by atoms with Crippen molar-refractivity contribution in [3.63, 3.8) is 0 Å². The van der Waals surface area contributed by atoms with Crippen LogP contribution in [0.3, 0.4) is 0 Å². The summed E-state index contributed by atoms with van der Waals surface area (Å²) in [6.45, 7) is 0. The highest BCUT2D eigenvalue weighted by Gasteiger charge is 2.21. The average molecular weight is 376 g/mol. The van der Waals surface area contributed by atoms with Gasteiger partial charge in [-0.3, -0.25) is 4.79 Å². The van der Waals surface area contributed by atoms with E-state index < -0.39 is 11.9 Å². The third-order valence-electron chi connectivity index (χ3n) is 3.80. The van der Waals surface area contributed by atoms with E-state index in [4.69, 9.17) is 24.7 Å². The number of ether oxygens (including phenoxy) is 4. The van der Waals surface area contributed by atoms with Gasteiger partial charge in [0.2, 0.25) is 0 Å². The molecule has 9 nitrogen and oxygen atoms in total. The van der Waals surface area contributed by atoms with Gasteiger partial charge in [-0.1, -0.05) is 0 Å². The van der Waals surface area contributed by atoms with Crippen molar-refractivity contribution in [3.8, 4) is 23.0 Å². The zero-order valence-electron chi connectivity index (χ0n) is 15.3. The molecule has 4 N–H and O–H groups in total. The second kappa shape index (κ2) is 8.17. The molecular weight excluding hydrogens is 356 g/mol. The van der Waals surface area contributed by atoms with Crippen LogP contribution >= 0.6 is 0 Å². The molecule has 0 aliphatic rings. The summed E-state index contributed by atoms with van der Waals surface area (Å²) in [6, 6.07) is 5.47. The quantitative estimate of drug-likeness (QED) is 0.628. The topological polar surface area (TPSA) is 129 Å². The number of nitrogen functional groups attached to an aromatic ring is 1. The molecule has 0 atom stereocenters. The Balaban J connectivity index is 2.47. The van der Waals surface area contributed by atoms with Gasteiger partial charge in [0.1, 0.15) is 0 Å². The predicted molar refractivity (Wildman–Crippen MR) is 98.4 cm³/mol. The Morgan fingerprint density at radius 3 is 1.74 bits per heavy atom. The molecule has 2 aromatic carbocycles. The van der Waals surface area contributed by atoms with Crippen molar-refractivity contribution < 1.29 is 33.6 Å². The number of hydrogen-bond donors (Lipinski definition) is 3. The summed E-state index contributed by atoms with van der Waals surface area (Å²) in [5.74, 6) is -0.710. The van der Waals surface area contributed by atoms with E-state index in [1.807, 2.05) is 0 Å². The first-order valence-corrected chi connectivity index (χ1v) is 7.68. The Morgan fingerprint density at radius 2 is 1.26 bits per heavy atom. The van der Waals surface area contributed by atoms with Crippen molar-refractivity contribution in [1.82, 2.24) is 0 Å². The second-order valence-electron chi connectivity index (χ2n) is 5.31. The van der Waals surface area contributed by atoms with E-state index in [1.165, 1.54) is 52.7 Å². The van der Waals surface area contributed by atoms with Crippen LogP contribution < -0.4 is 30.0 Å². The molecule has 9 heteroatoms. The lowest BCUT2D eigenvalue weighted by Gasteiger charge is -2.15. The van der Waals surface area contributed by atoms with Crippen LogP contribution in [0.5, 0.6) is 23.0 Å². The van der Waals surface area contributed by atoms with Gasteiger partial charge in [-0.25, -0.2) is 4.79 Å². The molecule has 0 fully saturated rings. The van der Waals surface area contributed by atoms with Crippen LogP contribution in [-0.4, -0.2) is 45.4 Å². The predicted octanol–water partition coefficient (Wildman–Crippen LogP) is 2.25. The molecule has 0 heterocycles. The molecule has 0 radical (unpaired) electrons. The number of carbonyl (C=O) groups is 2. The number of hydrogen-bond acceptors (Lipinski definition) is 7. The summed E-state index contributed by atoms with van der Waals surface area (Å²) in [5, 5.41) is 12.0. The van der Waals surface area contributed by atoms with Gasteiger partial charge in [-0.2, -0.15) is 0 Å². The first-order valence-electron chi connectivity index (χ1n) is 7.68. The summed E-state index contributed by atoms with van der Waals surface area (Å²) >= 11 is 0. The fourth-order valence-corrected chi connectivity index (χ4v) is 2.44. The highest BCUT2D eigenvalue weighted by Crippen LogP contribution is 2.35. The van der Waals surface area contributed by atoms with E-state index in [9.17, 15) is 14.7 Å². The normalized spacial score (nSPS) is 10.1. The van der Waals surface area contributed by atoms with Gasteiger partial charge in [-0.15, -0.1) is 0 Å². The van der Waals surface area contributed by atoms with Gasteiger partial charge in [0, 0.05) is 23.9 Å². The van der Waals surface area contributed by atoms with Crippen molar-refractivity contribution in [3.05, 3.63) is 35.4 Å². The number of carboxylic acid groups (broad SMARTS) is 1. The van der Waals surface area contributed by atoms with E-state index in [-0.39, 0.29) is 34.0 Å². The Hall–Kier alpha value is -3.62. The van der Waals surface area contributed by atoms with Gasteiger partial charge in [-0.05, 0) is 6.07 Å². The van der Waals surface area contributed by atoms with Crippen molar-refractivity contribution in [1.29, 1.82) is 0 Å². The van der Waals surface area contributed by atoms with Crippen LogP contribution in [0.4, 0.5) is 11.4 Å². The largest absolute Gasteiger partial charge is 0.493 e. The fourth-order valence-electron chi connectivity index (χ4n) is 2.44. The Kier molecular flexibility index (Phi) is 5.96. The minimum Gasteiger partial charge on any atom is -0.493 e. The Morgan fingerprint density at radius 1 is 0.815 bits per heavy atom. The van der Waals surface area contributed by atoms with Gasteiger partial charge < -0.3 is 35.1 Å². The second-order valence-corrected chi connectivity index (χ2v) is 5.31. The molecule has 2 rings (SSSR count). The van der Waals surface area contributed by atoms with E-state index in [0.29, 0.717) is 11.5 Å². The Labute approximate surface area is 155 Å². The van der Waals surface area contributed by atoms with Gasteiger partial charge in [0.15, 0.2) is 23.0 Å². The van der Waals surface area contributed by atoms with Crippen molar-refractivity contribution in [2.45, 2.75) is 0 Å². The van der Waals surface area contributed by atoms with Crippen molar-refractivity contribution in [2.24, 2.45) is 0 Å². The lowest BCUT2D eigenvalue weighted by molar-refractivity contribution is 0.0697. The summed E-state index contributed by atoms with van der Waals surface area (Å²) in [6.07, 6.45) is 0. The van der Waals surface area contributed by atoms with E-state index in [0.717, 1.165) is 0 Å². The fraction of sp³-hybridized carbons (Fsp3) is 0.222. The third kappa shape index (κ3) is 3.97. The molecule has 0 saturated carbocycles. The number of carboxylic acids is 1. The number of carbonyl (C=O) groups excluding carboxylic acids is 1. The number of benzene rings is 2. The van der Waals surface area contributed by atoms with Crippen LogP contribution in [0, 0.1) is 0 Å². The molecule has 0 aliphatic heterocycles. The molecule has 2 aromatic rings.